The van der Waals surface area contributed by atoms with Gasteiger partial charge in [-0.3, -0.25) is 9.59 Å². The number of ether oxygens (including phenoxy) is 1. The first kappa shape index (κ1) is 20.8. The van der Waals surface area contributed by atoms with Crippen LogP contribution in [0, 0.1) is 13.8 Å². The Bertz CT molecular complexity index is 1090. The summed E-state index contributed by atoms with van der Waals surface area (Å²) in [6, 6.07) is 16.2. The van der Waals surface area contributed by atoms with Gasteiger partial charge < -0.3 is 10.1 Å². The van der Waals surface area contributed by atoms with Gasteiger partial charge in [-0.2, -0.15) is 4.68 Å². The number of nitrogens with one attached hydrogen (secondary N) is 1. The summed E-state index contributed by atoms with van der Waals surface area (Å²) in [7, 11) is 0. The third-order valence-corrected chi connectivity index (χ3v) is 5.03. The molecule has 1 atom stereocenters. The summed E-state index contributed by atoms with van der Waals surface area (Å²) in [5, 5.41) is 7.10. The SMILES string of the molecule is Cc1ccc(-n2nc(OC(C)C(=O)NCc3cccc(Br)c3)ccc2=O)cc1C. The average molecular weight is 456 g/mol. The summed E-state index contributed by atoms with van der Waals surface area (Å²) in [4.78, 5) is 24.6. The lowest BCUT2D eigenvalue weighted by Gasteiger charge is -2.15. The molecular formula is C22H22BrN3O3. The van der Waals surface area contributed by atoms with Crippen LogP contribution in [0.5, 0.6) is 5.88 Å². The van der Waals surface area contributed by atoms with Gasteiger partial charge in [-0.05, 0) is 61.7 Å². The van der Waals surface area contributed by atoms with Gasteiger partial charge in [0.15, 0.2) is 6.10 Å². The van der Waals surface area contributed by atoms with E-state index in [9.17, 15) is 9.59 Å². The minimum absolute atomic E-state index is 0.202. The Hall–Kier alpha value is -2.93. The van der Waals surface area contributed by atoms with E-state index >= 15 is 0 Å². The number of halogens is 1. The molecule has 3 rings (SSSR count). The molecule has 0 aliphatic heterocycles. The largest absolute Gasteiger partial charge is 0.464 e. The molecule has 0 radical (unpaired) electrons. The second-order valence-electron chi connectivity index (χ2n) is 6.80. The molecular weight excluding hydrogens is 434 g/mol. The fraction of sp³-hybridized carbons (Fsp3) is 0.227. The zero-order valence-corrected chi connectivity index (χ0v) is 18.1. The van der Waals surface area contributed by atoms with Gasteiger partial charge in [0.05, 0.1) is 5.69 Å². The average Bonchev–Trinajstić information content (AvgIpc) is 2.69. The monoisotopic (exact) mass is 455 g/mol. The Morgan fingerprint density at radius 2 is 1.93 bits per heavy atom. The zero-order valence-electron chi connectivity index (χ0n) is 16.5. The Morgan fingerprint density at radius 1 is 1.14 bits per heavy atom. The third-order valence-electron chi connectivity index (χ3n) is 4.53. The van der Waals surface area contributed by atoms with Crippen molar-refractivity contribution in [3.8, 4) is 11.6 Å². The Balaban J connectivity index is 1.70. The van der Waals surface area contributed by atoms with E-state index < -0.39 is 6.10 Å². The van der Waals surface area contributed by atoms with Gasteiger partial charge in [-0.25, -0.2) is 0 Å². The molecule has 0 saturated heterocycles. The van der Waals surface area contributed by atoms with Crippen LogP contribution in [0.4, 0.5) is 0 Å². The summed E-state index contributed by atoms with van der Waals surface area (Å²) in [6.45, 7) is 6.01. The van der Waals surface area contributed by atoms with E-state index in [2.05, 4.69) is 26.3 Å². The van der Waals surface area contributed by atoms with Crippen molar-refractivity contribution < 1.29 is 9.53 Å². The zero-order chi connectivity index (χ0) is 21.0. The number of amides is 1. The number of carbonyl (C=O) groups is 1. The van der Waals surface area contributed by atoms with E-state index in [1.807, 2.05) is 56.3 Å². The van der Waals surface area contributed by atoms with Gasteiger partial charge in [-0.1, -0.05) is 34.1 Å². The van der Waals surface area contributed by atoms with Crippen LogP contribution in [0.15, 0.2) is 63.9 Å². The van der Waals surface area contributed by atoms with Gasteiger partial charge in [0, 0.05) is 23.2 Å². The summed E-state index contributed by atoms with van der Waals surface area (Å²) in [5.41, 5.74) is 3.54. The number of nitrogens with zero attached hydrogens (tertiary/aromatic N) is 2. The van der Waals surface area contributed by atoms with Crippen molar-refractivity contribution in [3.05, 3.63) is 86.1 Å². The number of hydrogen-bond donors (Lipinski definition) is 1. The highest BCUT2D eigenvalue weighted by Gasteiger charge is 2.16. The molecule has 0 fully saturated rings. The Kier molecular flexibility index (Phi) is 6.49. The number of hydrogen-bond acceptors (Lipinski definition) is 4. The molecule has 1 N–H and O–H groups in total. The molecule has 0 aliphatic carbocycles. The predicted molar refractivity (Wildman–Crippen MR) is 115 cm³/mol. The fourth-order valence-electron chi connectivity index (χ4n) is 2.71. The maximum absolute atomic E-state index is 12.4. The molecule has 3 aromatic rings. The van der Waals surface area contributed by atoms with Crippen LogP contribution in [0.25, 0.3) is 5.69 Å². The number of rotatable bonds is 6. The molecule has 0 bridgehead atoms. The molecule has 6 nitrogen and oxygen atoms in total. The van der Waals surface area contributed by atoms with Gasteiger partial charge in [0.25, 0.3) is 11.5 Å². The molecule has 1 unspecified atom stereocenters. The van der Waals surface area contributed by atoms with Crippen molar-refractivity contribution >= 4 is 21.8 Å². The summed E-state index contributed by atoms with van der Waals surface area (Å²) < 4.78 is 7.89. The number of aryl methyl sites for hydroxylation is 2. The normalized spacial score (nSPS) is 11.7. The van der Waals surface area contributed by atoms with Crippen LogP contribution >= 0.6 is 15.9 Å². The Labute approximate surface area is 177 Å². The molecule has 7 heteroatoms. The van der Waals surface area contributed by atoms with E-state index in [0.717, 1.165) is 21.2 Å². The van der Waals surface area contributed by atoms with Crippen molar-refractivity contribution in [1.82, 2.24) is 15.1 Å². The second kappa shape index (κ2) is 9.05. The van der Waals surface area contributed by atoms with Crippen LogP contribution in [-0.4, -0.2) is 21.8 Å². The van der Waals surface area contributed by atoms with E-state index in [0.29, 0.717) is 12.2 Å². The first-order valence-corrected chi connectivity index (χ1v) is 9.99. The van der Waals surface area contributed by atoms with E-state index in [4.69, 9.17) is 4.74 Å². The van der Waals surface area contributed by atoms with Gasteiger partial charge >= 0.3 is 0 Å². The highest BCUT2D eigenvalue weighted by Crippen LogP contribution is 2.14. The van der Waals surface area contributed by atoms with Crippen LogP contribution in [0.3, 0.4) is 0 Å². The van der Waals surface area contributed by atoms with E-state index in [-0.39, 0.29) is 17.3 Å². The van der Waals surface area contributed by atoms with Crippen LogP contribution in [-0.2, 0) is 11.3 Å². The molecule has 150 valence electrons. The van der Waals surface area contributed by atoms with Crippen molar-refractivity contribution in [2.75, 3.05) is 0 Å². The topological polar surface area (TPSA) is 73.2 Å². The van der Waals surface area contributed by atoms with Gasteiger partial charge in [-0.15, -0.1) is 5.10 Å². The smallest absolute Gasteiger partial charge is 0.271 e. The minimum atomic E-state index is -0.764. The lowest BCUT2D eigenvalue weighted by molar-refractivity contribution is -0.127. The number of carbonyl (C=O) groups excluding carboxylic acids is 1. The van der Waals surface area contributed by atoms with Crippen molar-refractivity contribution in [1.29, 1.82) is 0 Å². The van der Waals surface area contributed by atoms with E-state index in [1.165, 1.54) is 16.8 Å². The fourth-order valence-corrected chi connectivity index (χ4v) is 3.16. The second-order valence-corrected chi connectivity index (χ2v) is 7.71. The maximum Gasteiger partial charge on any atom is 0.271 e. The van der Waals surface area contributed by atoms with Crippen molar-refractivity contribution in [2.24, 2.45) is 0 Å². The number of aromatic nitrogens is 2. The molecule has 1 heterocycles. The molecule has 0 aliphatic rings. The summed E-state index contributed by atoms with van der Waals surface area (Å²) in [5.74, 6) is -0.0661. The van der Waals surface area contributed by atoms with Crippen LogP contribution in [0.1, 0.15) is 23.6 Å². The molecule has 1 amide bonds. The molecule has 29 heavy (non-hydrogen) atoms. The Morgan fingerprint density at radius 3 is 2.66 bits per heavy atom. The predicted octanol–water partition coefficient (Wildman–Crippen LogP) is 3.70. The van der Waals surface area contributed by atoms with Crippen LogP contribution in [0.2, 0.25) is 0 Å². The molecule has 0 saturated carbocycles. The van der Waals surface area contributed by atoms with Crippen molar-refractivity contribution in [2.45, 2.75) is 33.4 Å². The highest BCUT2D eigenvalue weighted by molar-refractivity contribution is 9.10. The highest BCUT2D eigenvalue weighted by atomic mass is 79.9. The molecule has 1 aromatic heterocycles. The van der Waals surface area contributed by atoms with E-state index in [1.54, 1.807) is 6.92 Å². The maximum atomic E-state index is 12.4. The standard InChI is InChI=1S/C22H22BrN3O3/c1-14-7-8-19(11-15(14)2)26-21(27)10-9-20(25-26)29-16(3)22(28)24-13-17-5-4-6-18(23)12-17/h4-12,16H,13H2,1-3H3,(H,24,28). The minimum Gasteiger partial charge on any atom is -0.464 e. The first-order valence-electron chi connectivity index (χ1n) is 9.20. The molecule has 2 aromatic carbocycles. The number of benzene rings is 2. The van der Waals surface area contributed by atoms with Crippen LogP contribution < -0.4 is 15.6 Å². The summed E-state index contributed by atoms with van der Waals surface area (Å²) in [6.07, 6.45) is -0.764. The molecule has 0 spiro atoms. The van der Waals surface area contributed by atoms with Crippen molar-refractivity contribution in [3.63, 3.8) is 0 Å². The quantitative estimate of drug-likeness (QED) is 0.614. The van der Waals surface area contributed by atoms with Gasteiger partial charge in [0.2, 0.25) is 5.88 Å². The lowest BCUT2D eigenvalue weighted by atomic mass is 10.1. The first-order chi connectivity index (χ1) is 13.8. The van der Waals surface area contributed by atoms with Gasteiger partial charge in [0.1, 0.15) is 0 Å². The third kappa shape index (κ3) is 5.32. The summed E-state index contributed by atoms with van der Waals surface area (Å²) >= 11 is 3.41. The lowest BCUT2D eigenvalue weighted by Crippen LogP contribution is -2.36.